The first-order valence-electron chi connectivity index (χ1n) is 8.45. The van der Waals surface area contributed by atoms with Crippen LogP contribution in [0, 0.1) is 13.8 Å². The highest BCUT2D eigenvalue weighted by atomic mass is 16.4. The summed E-state index contributed by atoms with van der Waals surface area (Å²) in [5, 5.41) is 3.31. The zero-order valence-electron chi connectivity index (χ0n) is 14.5. The van der Waals surface area contributed by atoms with Crippen molar-refractivity contribution in [3.8, 4) is 0 Å². The van der Waals surface area contributed by atoms with E-state index in [1.54, 1.807) is 6.07 Å². The monoisotopic (exact) mass is 322 g/mol. The molecule has 0 unspecified atom stereocenters. The molecule has 1 atom stereocenters. The number of nitrogens with two attached hydrogens (primary N) is 1. The molecular weight excluding hydrogens is 298 g/mol. The maximum absolute atomic E-state index is 11.8. The highest BCUT2D eigenvalue weighted by Crippen LogP contribution is 2.21. The summed E-state index contributed by atoms with van der Waals surface area (Å²) >= 11 is 0. The predicted octanol–water partition coefficient (Wildman–Crippen LogP) is 3.28. The Bertz CT molecular complexity index is 897. The van der Waals surface area contributed by atoms with Crippen LogP contribution in [-0.4, -0.2) is 6.54 Å². The van der Waals surface area contributed by atoms with E-state index in [2.05, 4.69) is 49.5 Å². The second-order valence-electron chi connectivity index (χ2n) is 6.56. The number of fused-ring (bicyclic) bond motifs is 1. The molecule has 1 aromatic heterocycles. The average molecular weight is 322 g/mol. The number of hydrogen-bond acceptors (Lipinski definition) is 2. The van der Waals surface area contributed by atoms with Gasteiger partial charge in [0.15, 0.2) is 0 Å². The maximum atomic E-state index is 11.8. The molecule has 24 heavy (non-hydrogen) atoms. The van der Waals surface area contributed by atoms with E-state index in [-0.39, 0.29) is 5.63 Å². The molecular formula is C21H24NO2+. The van der Waals surface area contributed by atoms with Crippen LogP contribution in [0.5, 0.6) is 0 Å². The number of aryl methyl sites for hydroxylation is 2. The van der Waals surface area contributed by atoms with Gasteiger partial charge in [-0.15, -0.1) is 0 Å². The predicted molar refractivity (Wildman–Crippen MR) is 97.3 cm³/mol. The lowest BCUT2D eigenvalue weighted by Crippen LogP contribution is -2.83. The first kappa shape index (κ1) is 16.5. The minimum absolute atomic E-state index is 0.273. The van der Waals surface area contributed by atoms with E-state index in [1.165, 1.54) is 11.1 Å². The van der Waals surface area contributed by atoms with Crippen LogP contribution in [0.2, 0.25) is 0 Å². The minimum Gasteiger partial charge on any atom is -0.423 e. The van der Waals surface area contributed by atoms with Crippen LogP contribution in [-0.2, 0) is 6.54 Å². The Labute approximate surface area is 142 Å². The van der Waals surface area contributed by atoms with Crippen molar-refractivity contribution >= 4 is 11.0 Å². The summed E-state index contributed by atoms with van der Waals surface area (Å²) in [6, 6.07) is 16.2. The second kappa shape index (κ2) is 7.02. The summed E-state index contributed by atoms with van der Waals surface area (Å²) in [4.78, 5) is 11.8. The molecule has 0 saturated carbocycles. The van der Waals surface area contributed by atoms with Crippen molar-refractivity contribution in [3.63, 3.8) is 0 Å². The molecule has 3 nitrogen and oxygen atoms in total. The van der Waals surface area contributed by atoms with E-state index < -0.39 is 0 Å². The van der Waals surface area contributed by atoms with Crippen molar-refractivity contribution in [1.82, 2.24) is 0 Å². The summed E-state index contributed by atoms with van der Waals surface area (Å²) in [7, 11) is 0. The van der Waals surface area contributed by atoms with Crippen molar-refractivity contribution < 1.29 is 9.73 Å². The molecule has 0 saturated heterocycles. The fourth-order valence-electron chi connectivity index (χ4n) is 3.06. The smallest absolute Gasteiger partial charge is 0.336 e. The Hall–Kier alpha value is -2.39. The van der Waals surface area contributed by atoms with Gasteiger partial charge in [0.1, 0.15) is 12.1 Å². The van der Waals surface area contributed by atoms with Gasteiger partial charge in [-0.1, -0.05) is 37.3 Å². The molecule has 3 rings (SSSR count). The highest BCUT2D eigenvalue weighted by molar-refractivity contribution is 5.81. The molecule has 2 N–H and O–H groups in total. The summed E-state index contributed by atoms with van der Waals surface area (Å²) in [5.74, 6) is 0.474. The van der Waals surface area contributed by atoms with Gasteiger partial charge in [-0.2, -0.15) is 0 Å². The molecule has 124 valence electrons. The third kappa shape index (κ3) is 3.57. The van der Waals surface area contributed by atoms with Crippen molar-refractivity contribution in [2.24, 2.45) is 0 Å². The summed E-state index contributed by atoms with van der Waals surface area (Å²) in [5.41, 5.74) is 5.16. The van der Waals surface area contributed by atoms with Gasteiger partial charge < -0.3 is 9.73 Å². The van der Waals surface area contributed by atoms with Gasteiger partial charge in [-0.3, -0.25) is 0 Å². The fourth-order valence-corrected chi connectivity index (χ4v) is 3.06. The molecule has 0 fully saturated rings. The number of rotatable bonds is 5. The molecule has 0 radical (unpaired) electrons. The molecule has 2 aromatic carbocycles. The van der Waals surface area contributed by atoms with Gasteiger partial charge >= 0.3 is 5.63 Å². The van der Waals surface area contributed by atoms with Gasteiger partial charge in [0, 0.05) is 22.9 Å². The second-order valence-corrected chi connectivity index (χ2v) is 6.56. The molecule has 0 aliphatic rings. The summed E-state index contributed by atoms with van der Waals surface area (Å²) in [6.45, 7) is 8.12. The zero-order chi connectivity index (χ0) is 17.1. The molecule has 0 aliphatic heterocycles. The van der Waals surface area contributed by atoms with Crippen LogP contribution >= 0.6 is 0 Å². The Kier molecular flexibility index (Phi) is 4.81. The Morgan fingerprint density at radius 3 is 2.50 bits per heavy atom. The van der Waals surface area contributed by atoms with E-state index in [9.17, 15) is 4.79 Å². The topological polar surface area (TPSA) is 46.8 Å². The third-order valence-electron chi connectivity index (χ3n) is 4.70. The maximum Gasteiger partial charge on any atom is 0.336 e. The van der Waals surface area contributed by atoms with Crippen LogP contribution in [0.3, 0.4) is 0 Å². The van der Waals surface area contributed by atoms with Crippen LogP contribution in [0.15, 0.2) is 57.7 Å². The standard InChI is InChI=1S/C21H23NO2/c1-14-9-19-18(11-21(23)24-20(19)10-15(14)2)13-22-12-16(3)17-7-5-4-6-8-17/h4-11,16,22H,12-13H2,1-3H3/p+1/t16-/m0/s1. The minimum atomic E-state index is -0.273. The Morgan fingerprint density at radius 1 is 1.04 bits per heavy atom. The van der Waals surface area contributed by atoms with Gasteiger partial charge in [0.2, 0.25) is 0 Å². The van der Waals surface area contributed by atoms with E-state index in [4.69, 9.17) is 4.42 Å². The largest absolute Gasteiger partial charge is 0.423 e. The number of quaternary nitrogens is 1. The van der Waals surface area contributed by atoms with Gasteiger partial charge in [0.25, 0.3) is 0 Å². The molecule has 3 heteroatoms. The average Bonchev–Trinajstić information content (AvgIpc) is 2.57. The van der Waals surface area contributed by atoms with Crippen LogP contribution in [0.25, 0.3) is 11.0 Å². The van der Waals surface area contributed by atoms with E-state index in [0.717, 1.165) is 29.6 Å². The highest BCUT2D eigenvalue weighted by Gasteiger charge is 2.11. The van der Waals surface area contributed by atoms with Gasteiger partial charge in [0.05, 0.1) is 6.54 Å². The quantitative estimate of drug-likeness (QED) is 0.733. The van der Waals surface area contributed by atoms with Crippen molar-refractivity contribution in [3.05, 3.63) is 81.2 Å². The van der Waals surface area contributed by atoms with Crippen molar-refractivity contribution in [2.45, 2.75) is 33.2 Å². The lowest BCUT2D eigenvalue weighted by molar-refractivity contribution is -0.672. The van der Waals surface area contributed by atoms with E-state index in [0.29, 0.717) is 11.5 Å². The van der Waals surface area contributed by atoms with Crippen molar-refractivity contribution in [2.75, 3.05) is 6.54 Å². The molecule has 3 aromatic rings. The summed E-state index contributed by atoms with van der Waals surface area (Å²) < 4.78 is 5.37. The molecule has 0 spiro atoms. The third-order valence-corrected chi connectivity index (χ3v) is 4.70. The van der Waals surface area contributed by atoms with Crippen LogP contribution in [0.4, 0.5) is 0 Å². The Morgan fingerprint density at radius 2 is 1.75 bits per heavy atom. The summed E-state index contributed by atoms with van der Waals surface area (Å²) in [6.07, 6.45) is 0. The lowest BCUT2D eigenvalue weighted by atomic mass is 10.0. The number of hydrogen-bond donors (Lipinski definition) is 1. The molecule has 1 heterocycles. The van der Waals surface area contributed by atoms with Crippen molar-refractivity contribution in [1.29, 1.82) is 0 Å². The van der Waals surface area contributed by atoms with E-state index >= 15 is 0 Å². The first-order valence-corrected chi connectivity index (χ1v) is 8.45. The zero-order valence-corrected chi connectivity index (χ0v) is 14.5. The normalized spacial score (nSPS) is 12.5. The first-order chi connectivity index (χ1) is 11.5. The SMILES string of the molecule is Cc1cc2oc(=O)cc(C[NH2+]C[C@H](C)c3ccccc3)c2cc1C. The Balaban J connectivity index is 1.78. The molecule has 0 amide bonds. The van der Waals surface area contributed by atoms with Gasteiger partial charge in [-0.25, -0.2) is 4.79 Å². The van der Waals surface area contributed by atoms with Crippen LogP contribution in [0.1, 0.15) is 35.1 Å². The molecule has 0 bridgehead atoms. The molecule has 0 aliphatic carbocycles. The number of benzene rings is 2. The van der Waals surface area contributed by atoms with Gasteiger partial charge in [-0.05, 0) is 42.7 Å². The lowest BCUT2D eigenvalue weighted by Gasteiger charge is -2.11. The van der Waals surface area contributed by atoms with Crippen LogP contribution < -0.4 is 10.9 Å². The van der Waals surface area contributed by atoms with E-state index in [1.807, 2.05) is 19.1 Å². The fraction of sp³-hybridized carbons (Fsp3) is 0.286.